The molecule has 0 unspecified atom stereocenters. The Labute approximate surface area is 151 Å². The largest absolute Gasteiger partial charge is 0.424 e. The van der Waals surface area contributed by atoms with Crippen LogP contribution >= 0.6 is 0 Å². The van der Waals surface area contributed by atoms with Crippen LogP contribution in [0.2, 0.25) is 0 Å². The molecule has 3 rings (SSSR count). The first-order valence-corrected chi connectivity index (χ1v) is 8.03. The molecule has 2 heterocycles. The van der Waals surface area contributed by atoms with E-state index in [2.05, 4.69) is 20.3 Å². The Morgan fingerprint density at radius 2 is 1.81 bits per heavy atom. The highest BCUT2D eigenvalue weighted by atomic mass is 16.5. The second-order valence-electron chi connectivity index (χ2n) is 5.86. The van der Waals surface area contributed by atoms with Gasteiger partial charge < -0.3 is 15.0 Å². The maximum Gasteiger partial charge on any atom is 0.321 e. The van der Waals surface area contributed by atoms with Gasteiger partial charge in [-0.15, -0.1) is 0 Å². The topological polar surface area (TPSA) is 80.2 Å². The molecule has 0 aliphatic rings. The maximum atomic E-state index is 12.5. The van der Waals surface area contributed by atoms with Crippen LogP contribution in [-0.4, -0.2) is 35.0 Å². The Hall–Kier alpha value is -3.48. The summed E-state index contributed by atoms with van der Waals surface area (Å²) in [6.07, 6.45) is 4.84. The van der Waals surface area contributed by atoms with Gasteiger partial charge in [0.05, 0.1) is 0 Å². The first kappa shape index (κ1) is 17.3. The van der Waals surface area contributed by atoms with Crippen LogP contribution in [0.3, 0.4) is 0 Å². The van der Waals surface area contributed by atoms with Crippen LogP contribution in [0.4, 0.5) is 11.5 Å². The molecule has 0 spiro atoms. The summed E-state index contributed by atoms with van der Waals surface area (Å²) in [6, 6.07) is 10.8. The van der Waals surface area contributed by atoms with Crippen LogP contribution in [0, 0.1) is 6.92 Å². The summed E-state index contributed by atoms with van der Waals surface area (Å²) in [6.45, 7) is 1.89. The zero-order chi connectivity index (χ0) is 18.5. The minimum Gasteiger partial charge on any atom is -0.424 e. The fraction of sp³-hybridized carbons (Fsp3) is 0.158. The van der Waals surface area contributed by atoms with Gasteiger partial charge in [0.25, 0.3) is 5.91 Å². The van der Waals surface area contributed by atoms with Crippen LogP contribution in [0.5, 0.6) is 11.8 Å². The van der Waals surface area contributed by atoms with Gasteiger partial charge in [-0.25, -0.2) is 15.0 Å². The smallest absolute Gasteiger partial charge is 0.321 e. The summed E-state index contributed by atoms with van der Waals surface area (Å²) in [7, 11) is 3.76. The van der Waals surface area contributed by atoms with E-state index in [4.69, 9.17) is 4.74 Å². The molecule has 2 aromatic heterocycles. The Kier molecular flexibility index (Phi) is 5.07. The second-order valence-corrected chi connectivity index (χ2v) is 5.86. The Bertz CT molecular complexity index is 913. The van der Waals surface area contributed by atoms with Crippen molar-refractivity contribution in [2.45, 2.75) is 6.92 Å². The van der Waals surface area contributed by atoms with Crippen molar-refractivity contribution in [2.75, 3.05) is 24.3 Å². The van der Waals surface area contributed by atoms with Crippen LogP contribution in [0.25, 0.3) is 0 Å². The fourth-order valence-corrected chi connectivity index (χ4v) is 2.28. The molecule has 0 atom stereocenters. The molecular formula is C19H19N5O2. The van der Waals surface area contributed by atoms with Crippen LogP contribution < -0.4 is 15.0 Å². The summed E-state index contributed by atoms with van der Waals surface area (Å²) in [5.74, 6) is 1.13. The quantitative estimate of drug-likeness (QED) is 0.761. The van der Waals surface area contributed by atoms with Gasteiger partial charge in [-0.2, -0.15) is 0 Å². The lowest BCUT2D eigenvalue weighted by Crippen LogP contribution is -2.15. The number of hydrogen-bond donors (Lipinski definition) is 1. The van der Waals surface area contributed by atoms with Crippen molar-refractivity contribution in [2.24, 2.45) is 0 Å². The molecule has 3 aromatic rings. The van der Waals surface area contributed by atoms with Gasteiger partial charge in [0.1, 0.15) is 11.6 Å². The van der Waals surface area contributed by atoms with Crippen molar-refractivity contribution in [3.05, 3.63) is 66.1 Å². The number of nitrogens with zero attached hydrogens (tertiary/aromatic N) is 4. The predicted octanol–water partition coefficient (Wildman–Crippen LogP) is 3.29. The molecule has 7 nitrogen and oxygen atoms in total. The molecular weight excluding hydrogens is 330 g/mol. The Balaban J connectivity index is 1.74. The standard InChI is InChI=1S/C19H19N5O2/c1-13-11-15(26-19-21-8-4-9-22-19)5-6-16(13)23-18(25)14-7-10-20-17(12-14)24(2)3/h4-12H,1-3H3,(H,23,25). The highest BCUT2D eigenvalue weighted by molar-refractivity contribution is 6.05. The zero-order valence-electron chi connectivity index (χ0n) is 14.8. The van der Waals surface area contributed by atoms with Gasteiger partial charge >= 0.3 is 6.01 Å². The van der Waals surface area contributed by atoms with E-state index < -0.39 is 0 Å². The van der Waals surface area contributed by atoms with Crippen LogP contribution in [0.1, 0.15) is 15.9 Å². The molecule has 0 aliphatic carbocycles. The van der Waals surface area contributed by atoms with Gasteiger partial charge in [0.2, 0.25) is 0 Å². The average Bonchev–Trinajstić information content (AvgIpc) is 2.65. The average molecular weight is 349 g/mol. The summed E-state index contributed by atoms with van der Waals surface area (Å²) in [4.78, 5) is 26.6. The number of aromatic nitrogens is 3. The molecule has 1 N–H and O–H groups in total. The van der Waals surface area contributed by atoms with Crippen molar-refractivity contribution in [3.8, 4) is 11.8 Å². The fourth-order valence-electron chi connectivity index (χ4n) is 2.28. The lowest BCUT2D eigenvalue weighted by atomic mass is 10.1. The molecule has 1 aromatic carbocycles. The Morgan fingerprint density at radius 1 is 1.04 bits per heavy atom. The summed E-state index contributed by atoms with van der Waals surface area (Å²) >= 11 is 0. The van der Waals surface area contributed by atoms with E-state index in [1.54, 1.807) is 48.9 Å². The predicted molar refractivity (Wildman–Crippen MR) is 99.8 cm³/mol. The number of amides is 1. The van der Waals surface area contributed by atoms with E-state index >= 15 is 0 Å². The molecule has 0 saturated carbocycles. The van der Waals surface area contributed by atoms with Gasteiger partial charge in [-0.05, 0) is 48.9 Å². The van der Waals surface area contributed by atoms with E-state index in [-0.39, 0.29) is 11.9 Å². The van der Waals surface area contributed by atoms with Crippen molar-refractivity contribution in [1.29, 1.82) is 0 Å². The van der Waals surface area contributed by atoms with Crippen LogP contribution in [0.15, 0.2) is 55.0 Å². The van der Waals surface area contributed by atoms with Crippen molar-refractivity contribution in [3.63, 3.8) is 0 Å². The van der Waals surface area contributed by atoms with E-state index in [1.807, 2.05) is 32.0 Å². The first-order valence-electron chi connectivity index (χ1n) is 8.03. The van der Waals surface area contributed by atoms with Crippen molar-refractivity contribution < 1.29 is 9.53 Å². The number of anilines is 2. The van der Waals surface area contributed by atoms with Gasteiger partial charge in [-0.3, -0.25) is 4.79 Å². The molecule has 0 aliphatic heterocycles. The number of aryl methyl sites for hydroxylation is 1. The SMILES string of the molecule is Cc1cc(Oc2ncccn2)ccc1NC(=O)c1ccnc(N(C)C)c1. The van der Waals surface area contributed by atoms with Gasteiger partial charge in [0, 0.05) is 43.9 Å². The molecule has 0 radical (unpaired) electrons. The molecule has 7 heteroatoms. The minimum absolute atomic E-state index is 0.196. The Morgan fingerprint density at radius 3 is 2.50 bits per heavy atom. The van der Waals surface area contributed by atoms with Crippen LogP contribution in [-0.2, 0) is 0 Å². The molecule has 1 amide bonds. The number of carbonyl (C=O) groups is 1. The highest BCUT2D eigenvalue weighted by Crippen LogP contribution is 2.24. The molecule has 0 saturated heterocycles. The number of nitrogens with one attached hydrogen (secondary N) is 1. The highest BCUT2D eigenvalue weighted by Gasteiger charge is 2.11. The monoisotopic (exact) mass is 349 g/mol. The number of benzene rings is 1. The van der Waals surface area contributed by atoms with E-state index in [1.165, 1.54) is 0 Å². The lowest BCUT2D eigenvalue weighted by Gasteiger charge is -2.13. The van der Waals surface area contributed by atoms with E-state index in [9.17, 15) is 4.79 Å². The van der Waals surface area contributed by atoms with E-state index in [0.717, 1.165) is 11.4 Å². The number of hydrogen-bond acceptors (Lipinski definition) is 6. The zero-order valence-corrected chi connectivity index (χ0v) is 14.8. The normalized spacial score (nSPS) is 10.3. The first-order chi connectivity index (χ1) is 12.5. The maximum absolute atomic E-state index is 12.5. The molecule has 26 heavy (non-hydrogen) atoms. The van der Waals surface area contributed by atoms with Gasteiger partial charge in [0.15, 0.2) is 0 Å². The second kappa shape index (κ2) is 7.60. The number of rotatable bonds is 5. The summed E-state index contributed by atoms with van der Waals surface area (Å²) < 4.78 is 5.60. The number of pyridine rings is 1. The van der Waals surface area contributed by atoms with Crippen molar-refractivity contribution in [1.82, 2.24) is 15.0 Å². The number of ether oxygens (including phenoxy) is 1. The summed E-state index contributed by atoms with van der Waals surface area (Å²) in [5, 5.41) is 2.91. The minimum atomic E-state index is -0.196. The third-order valence-corrected chi connectivity index (χ3v) is 3.66. The van der Waals surface area contributed by atoms with Crippen molar-refractivity contribution >= 4 is 17.4 Å². The summed E-state index contributed by atoms with van der Waals surface area (Å²) in [5.41, 5.74) is 2.12. The van der Waals surface area contributed by atoms with Gasteiger partial charge in [-0.1, -0.05) is 0 Å². The third kappa shape index (κ3) is 4.13. The molecule has 132 valence electrons. The lowest BCUT2D eigenvalue weighted by molar-refractivity contribution is 0.102. The molecule has 0 bridgehead atoms. The number of carbonyl (C=O) groups excluding carboxylic acids is 1. The van der Waals surface area contributed by atoms with E-state index in [0.29, 0.717) is 17.0 Å². The molecule has 0 fully saturated rings. The third-order valence-electron chi connectivity index (χ3n) is 3.66.